The third-order valence-corrected chi connectivity index (χ3v) is 6.35. The number of hydrogen-bond donors (Lipinski definition) is 1. The van der Waals surface area contributed by atoms with E-state index in [0.29, 0.717) is 46.2 Å². The van der Waals surface area contributed by atoms with Crippen molar-refractivity contribution < 1.29 is 28.9 Å². The van der Waals surface area contributed by atoms with Gasteiger partial charge in [0.25, 0.3) is 11.7 Å². The second-order valence-electron chi connectivity index (χ2n) is 8.77. The molecule has 4 rings (SSSR count). The van der Waals surface area contributed by atoms with Gasteiger partial charge in [-0.2, -0.15) is 5.26 Å². The number of ether oxygens (including phenoxy) is 3. The third-order valence-electron chi connectivity index (χ3n) is 6.35. The Hall–Kier alpha value is -4.77. The van der Waals surface area contributed by atoms with Crippen molar-refractivity contribution in [2.75, 3.05) is 25.7 Å². The maximum Gasteiger partial charge on any atom is 0.300 e. The first kappa shape index (κ1) is 26.3. The molecule has 0 aliphatic carbocycles. The lowest BCUT2D eigenvalue weighted by atomic mass is 9.94. The fourth-order valence-electron chi connectivity index (χ4n) is 4.46. The van der Waals surface area contributed by atoms with Crippen LogP contribution in [-0.2, 0) is 9.59 Å². The third kappa shape index (κ3) is 4.78. The van der Waals surface area contributed by atoms with Crippen LogP contribution < -0.4 is 19.1 Å². The summed E-state index contributed by atoms with van der Waals surface area (Å²) in [6.45, 7) is 4.42. The Kier molecular flexibility index (Phi) is 7.68. The zero-order valence-corrected chi connectivity index (χ0v) is 21.6. The summed E-state index contributed by atoms with van der Waals surface area (Å²) in [5, 5.41) is 20.6. The smallest absolute Gasteiger partial charge is 0.300 e. The lowest BCUT2D eigenvalue weighted by Crippen LogP contribution is -2.29. The molecule has 1 saturated heterocycles. The molecular weight excluding hydrogens is 484 g/mol. The highest BCUT2D eigenvalue weighted by Crippen LogP contribution is 2.44. The van der Waals surface area contributed by atoms with Crippen molar-refractivity contribution in [3.8, 4) is 23.3 Å². The molecule has 1 heterocycles. The van der Waals surface area contributed by atoms with Crippen LogP contribution in [0, 0.1) is 18.3 Å². The summed E-state index contributed by atoms with van der Waals surface area (Å²) in [4.78, 5) is 28.2. The highest BCUT2D eigenvalue weighted by atomic mass is 16.5. The fourth-order valence-corrected chi connectivity index (χ4v) is 4.46. The SMILES string of the molecule is CCCOc1ccc(/C(O)=C2/C(=O)C(=O)N(c3ccc(C#N)cc3)C2c2ccc(OC)c(OC)c2)cc1C. The lowest BCUT2D eigenvalue weighted by molar-refractivity contribution is -0.132. The van der Waals surface area contributed by atoms with E-state index in [2.05, 4.69) is 0 Å². The van der Waals surface area contributed by atoms with E-state index in [9.17, 15) is 20.0 Å². The Labute approximate surface area is 221 Å². The van der Waals surface area contributed by atoms with Crippen LogP contribution in [0.5, 0.6) is 17.2 Å². The van der Waals surface area contributed by atoms with Crippen molar-refractivity contribution in [2.45, 2.75) is 26.3 Å². The van der Waals surface area contributed by atoms with E-state index in [4.69, 9.17) is 14.2 Å². The van der Waals surface area contributed by atoms with Crippen LogP contribution in [0.25, 0.3) is 5.76 Å². The van der Waals surface area contributed by atoms with Crippen LogP contribution in [0.4, 0.5) is 5.69 Å². The predicted octanol–water partition coefficient (Wildman–Crippen LogP) is 5.30. The highest BCUT2D eigenvalue weighted by molar-refractivity contribution is 6.51. The number of carbonyl (C=O) groups excluding carboxylic acids is 2. The number of hydrogen-bond acceptors (Lipinski definition) is 7. The minimum atomic E-state index is -0.959. The van der Waals surface area contributed by atoms with Crippen LogP contribution in [0.15, 0.2) is 66.2 Å². The van der Waals surface area contributed by atoms with E-state index in [0.717, 1.165) is 12.0 Å². The number of aryl methyl sites for hydroxylation is 1. The topological polar surface area (TPSA) is 109 Å². The van der Waals surface area contributed by atoms with Crippen molar-refractivity contribution in [1.29, 1.82) is 5.26 Å². The maximum absolute atomic E-state index is 13.4. The van der Waals surface area contributed by atoms with Gasteiger partial charge in [0.1, 0.15) is 11.5 Å². The Morgan fingerprint density at radius 1 is 0.974 bits per heavy atom. The van der Waals surface area contributed by atoms with Crippen molar-refractivity contribution in [3.05, 3.63) is 88.5 Å². The normalized spacial score (nSPS) is 16.3. The molecule has 1 unspecified atom stereocenters. The zero-order valence-electron chi connectivity index (χ0n) is 21.6. The summed E-state index contributed by atoms with van der Waals surface area (Å²) in [6.07, 6.45) is 0.852. The minimum Gasteiger partial charge on any atom is -0.507 e. The summed E-state index contributed by atoms with van der Waals surface area (Å²) in [5.41, 5.74) is 2.46. The van der Waals surface area contributed by atoms with Crippen molar-refractivity contribution >= 4 is 23.1 Å². The number of Topliss-reactive ketones (excluding diaryl/α,β-unsaturated/α-hetero) is 1. The monoisotopic (exact) mass is 512 g/mol. The first-order valence-electron chi connectivity index (χ1n) is 12.1. The molecule has 3 aromatic carbocycles. The number of aliphatic hydroxyl groups is 1. The van der Waals surface area contributed by atoms with Crippen LogP contribution in [0.3, 0.4) is 0 Å². The zero-order chi connectivity index (χ0) is 27.4. The van der Waals surface area contributed by atoms with E-state index >= 15 is 0 Å². The number of rotatable bonds is 8. The largest absolute Gasteiger partial charge is 0.507 e. The van der Waals surface area contributed by atoms with Gasteiger partial charge in [-0.25, -0.2) is 0 Å². The van der Waals surface area contributed by atoms with Crippen LogP contribution in [-0.4, -0.2) is 37.6 Å². The molecule has 38 heavy (non-hydrogen) atoms. The number of methoxy groups -OCH3 is 2. The Bertz CT molecular complexity index is 1450. The molecule has 8 nitrogen and oxygen atoms in total. The van der Waals surface area contributed by atoms with E-state index < -0.39 is 17.7 Å². The van der Waals surface area contributed by atoms with Crippen LogP contribution in [0.2, 0.25) is 0 Å². The van der Waals surface area contributed by atoms with Gasteiger partial charge < -0.3 is 19.3 Å². The van der Waals surface area contributed by atoms with Gasteiger partial charge in [-0.05, 0) is 79.1 Å². The van der Waals surface area contributed by atoms with Crippen LogP contribution >= 0.6 is 0 Å². The van der Waals surface area contributed by atoms with E-state index in [1.807, 2.05) is 19.9 Å². The Balaban J connectivity index is 1.91. The summed E-state index contributed by atoms with van der Waals surface area (Å²) in [5.74, 6) is -0.359. The number of nitriles is 1. The predicted molar refractivity (Wildman–Crippen MR) is 142 cm³/mol. The Morgan fingerprint density at radius 2 is 1.66 bits per heavy atom. The van der Waals surface area contributed by atoms with E-state index in [1.165, 1.54) is 19.1 Å². The first-order chi connectivity index (χ1) is 18.3. The molecule has 0 aromatic heterocycles. The summed E-state index contributed by atoms with van der Waals surface area (Å²) in [6, 6.07) is 17.6. The Morgan fingerprint density at radius 3 is 2.26 bits per heavy atom. The summed E-state index contributed by atoms with van der Waals surface area (Å²) >= 11 is 0. The minimum absolute atomic E-state index is 0.0618. The standard InChI is InChI=1S/C30H28N2O6/c1-5-14-38-23-12-9-21(15-18(23)2)28(33)26-27(20-8-13-24(36-3)25(16-20)37-4)32(30(35)29(26)34)22-10-6-19(17-31)7-11-22/h6-13,15-16,27,33H,5,14H2,1-4H3/b28-26-. The average molecular weight is 513 g/mol. The van der Waals surface area contributed by atoms with Crippen molar-refractivity contribution in [3.63, 3.8) is 0 Å². The molecule has 1 atom stereocenters. The number of nitrogens with zero attached hydrogens (tertiary/aromatic N) is 2. The molecule has 194 valence electrons. The quantitative estimate of drug-likeness (QED) is 0.248. The number of amides is 1. The molecule has 0 bridgehead atoms. The van der Waals surface area contributed by atoms with E-state index in [-0.39, 0.29) is 11.3 Å². The summed E-state index contributed by atoms with van der Waals surface area (Å²) in [7, 11) is 3.00. The molecular formula is C30H28N2O6. The number of aliphatic hydroxyl groups excluding tert-OH is 1. The van der Waals surface area contributed by atoms with Crippen molar-refractivity contribution in [2.24, 2.45) is 0 Å². The van der Waals surface area contributed by atoms with E-state index in [1.54, 1.807) is 60.7 Å². The number of carbonyl (C=O) groups is 2. The average Bonchev–Trinajstić information content (AvgIpc) is 3.21. The second-order valence-corrected chi connectivity index (χ2v) is 8.77. The number of ketones is 1. The van der Waals surface area contributed by atoms with Gasteiger partial charge >= 0.3 is 0 Å². The molecule has 0 radical (unpaired) electrons. The maximum atomic E-state index is 13.4. The fraction of sp³-hybridized carbons (Fsp3) is 0.233. The number of benzene rings is 3. The summed E-state index contributed by atoms with van der Waals surface area (Å²) < 4.78 is 16.6. The molecule has 1 aliphatic rings. The van der Waals surface area contributed by atoms with Gasteiger partial charge in [-0.1, -0.05) is 13.0 Å². The highest BCUT2D eigenvalue weighted by Gasteiger charge is 2.47. The van der Waals surface area contributed by atoms with Gasteiger partial charge in [0.2, 0.25) is 0 Å². The molecule has 1 fully saturated rings. The lowest BCUT2D eigenvalue weighted by Gasteiger charge is -2.26. The molecule has 1 aliphatic heterocycles. The molecule has 3 aromatic rings. The van der Waals surface area contributed by atoms with Gasteiger partial charge in [0, 0.05) is 11.3 Å². The molecule has 0 saturated carbocycles. The first-order valence-corrected chi connectivity index (χ1v) is 12.1. The van der Waals surface area contributed by atoms with Crippen molar-refractivity contribution in [1.82, 2.24) is 0 Å². The van der Waals surface area contributed by atoms with Gasteiger partial charge in [0.15, 0.2) is 11.5 Å². The van der Waals surface area contributed by atoms with Crippen LogP contribution in [0.1, 0.15) is 41.6 Å². The van der Waals surface area contributed by atoms with Gasteiger partial charge in [0.05, 0.1) is 44.1 Å². The molecule has 0 spiro atoms. The van der Waals surface area contributed by atoms with Gasteiger partial charge in [-0.15, -0.1) is 0 Å². The molecule has 1 N–H and O–H groups in total. The number of anilines is 1. The van der Waals surface area contributed by atoms with Gasteiger partial charge in [-0.3, -0.25) is 14.5 Å². The molecule has 8 heteroatoms. The second kappa shape index (κ2) is 11.1. The molecule has 1 amide bonds.